The number of halogens is 2. The Kier molecular flexibility index (Phi) is 13.3. The second-order valence-corrected chi connectivity index (χ2v) is 6.18. The summed E-state index contributed by atoms with van der Waals surface area (Å²) in [6, 6.07) is 0. The number of carbonyl (C=O) groups excluding carboxylic acids is 1. The van der Waals surface area contributed by atoms with Gasteiger partial charge in [0.15, 0.2) is 0 Å². The second-order valence-electron chi connectivity index (χ2n) is 6.18. The lowest BCUT2D eigenvalue weighted by Gasteiger charge is -2.20. The van der Waals surface area contributed by atoms with E-state index in [0.717, 1.165) is 19.3 Å². The van der Waals surface area contributed by atoms with Crippen LogP contribution < -0.4 is 0 Å². The van der Waals surface area contributed by atoms with Crippen LogP contribution in [0, 0.1) is 0 Å². The van der Waals surface area contributed by atoms with E-state index in [1.54, 1.807) is 0 Å². The van der Waals surface area contributed by atoms with E-state index < -0.39 is 18.0 Å². The zero-order valence-corrected chi connectivity index (χ0v) is 14.8. The van der Waals surface area contributed by atoms with Crippen LogP contribution in [0.5, 0.6) is 0 Å². The number of aliphatic hydroxyl groups excluding tert-OH is 1. The molecule has 23 heavy (non-hydrogen) atoms. The van der Waals surface area contributed by atoms with Crippen molar-refractivity contribution in [1.82, 2.24) is 0 Å². The highest BCUT2D eigenvalue weighted by Crippen LogP contribution is 2.25. The van der Waals surface area contributed by atoms with Crippen LogP contribution in [-0.2, 0) is 9.53 Å². The molecule has 0 bridgehead atoms. The van der Waals surface area contributed by atoms with E-state index in [1.807, 2.05) is 0 Å². The number of alkyl halides is 2. The summed E-state index contributed by atoms with van der Waals surface area (Å²) in [5, 5.41) is 9.47. The van der Waals surface area contributed by atoms with Gasteiger partial charge < -0.3 is 9.84 Å². The summed E-state index contributed by atoms with van der Waals surface area (Å²) in [6.07, 6.45) is 10.3. The molecule has 0 aromatic heterocycles. The molecule has 3 nitrogen and oxygen atoms in total. The van der Waals surface area contributed by atoms with Gasteiger partial charge in [-0.2, -0.15) is 8.78 Å². The number of aliphatic hydroxyl groups is 1. The molecule has 0 radical (unpaired) electrons. The van der Waals surface area contributed by atoms with E-state index in [2.05, 4.69) is 11.7 Å². The lowest BCUT2D eigenvalue weighted by Crippen LogP contribution is -2.42. The normalized spacial score (nSPS) is 13.1. The number of carbonyl (C=O) groups is 1. The fourth-order valence-electron chi connectivity index (χ4n) is 2.55. The third-order valence-electron chi connectivity index (χ3n) is 4.05. The molecule has 0 amide bonds. The Morgan fingerprint density at radius 2 is 1.35 bits per heavy atom. The van der Waals surface area contributed by atoms with Gasteiger partial charge in [-0.25, -0.2) is 4.79 Å². The molecule has 0 aromatic carbocycles. The van der Waals surface area contributed by atoms with Crippen LogP contribution in [-0.4, -0.2) is 29.7 Å². The predicted octanol–water partition coefficient (Wildman–Crippen LogP) is 5.25. The first-order chi connectivity index (χ1) is 11.0. The Morgan fingerprint density at radius 3 is 1.78 bits per heavy atom. The zero-order valence-electron chi connectivity index (χ0n) is 14.8. The Morgan fingerprint density at radius 1 is 0.913 bits per heavy atom. The molecule has 0 aliphatic heterocycles. The van der Waals surface area contributed by atoms with Crippen LogP contribution in [0.1, 0.15) is 90.9 Å². The highest BCUT2D eigenvalue weighted by atomic mass is 19.3. The lowest BCUT2D eigenvalue weighted by atomic mass is 10.0. The van der Waals surface area contributed by atoms with Gasteiger partial charge in [0.2, 0.25) is 0 Å². The summed E-state index contributed by atoms with van der Waals surface area (Å²) in [5.41, 5.74) is 0. The fourth-order valence-corrected chi connectivity index (χ4v) is 2.55. The van der Waals surface area contributed by atoms with E-state index in [4.69, 9.17) is 0 Å². The average Bonchev–Trinajstić information content (AvgIpc) is 2.52. The van der Waals surface area contributed by atoms with Gasteiger partial charge in [0.1, 0.15) is 6.10 Å². The first-order valence-corrected chi connectivity index (χ1v) is 9.19. The second kappa shape index (κ2) is 13.7. The van der Waals surface area contributed by atoms with Crippen LogP contribution in [0.25, 0.3) is 0 Å². The molecular weight excluding hydrogens is 302 g/mol. The van der Waals surface area contributed by atoms with Crippen molar-refractivity contribution in [1.29, 1.82) is 0 Å². The van der Waals surface area contributed by atoms with Gasteiger partial charge in [-0.15, -0.1) is 0 Å². The standard InChI is InChI=1S/C18H34F2O3/c1-3-5-6-7-8-9-10-11-12-13-14-15-16(21)18(19,20)17(22)23-4-2/h16,21H,3-15H2,1-2H3. The molecule has 138 valence electrons. The summed E-state index contributed by atoms with van der Waals surface area (Å²) in [7, 11) is 0. The molecule has 0 spiro atoms. The van der Waals surface area contributed by atoms with Gasteiger partial charge in [-0.1, -0.05) is 77.6 Å². The molecule has 1 N–H and O–H groups in total. The molecule has 0 rings (SSSR count). The van der Waals surface area contributed by atoms with Crippen LogP contribution in [0.3, 0.4) is 0 Å². The molecule has 0 saturated heterocycles. The van der Waals surface area contributed by atoms with Gasteiger partial charge in [0, 0.05) is 0 Å². The van der Waals surface area contributed by atoms with Gasteiger partial charge in [-0.3, -0.25) is 0 Å². The highest BCUT2D eigenvalue weighted by molar-refractivity contribution is 5.78. The molecule has 5 heteroatoms. The van der Waals surface area contributed by atoms with Gasteiger partial charge in [0.05, 0.1) is 6.61 Å². The molecule has 0 aliphatic rings. The van der Waals surface area contributed by atoms with Crippen LogP contribution in [0.15, 0.2) is 0 Å². The zero-order chi connectivity index (χ0) is 17.6. The number of esters is 1. The number of rotatable bonds is 15. The number of unbranched alkanes of at least 4 members (excludes halogenated alkanes) is 10. The Labute approximate surface area is 139 Å². The van der Waals surface area contributed by atoms with Crippen molar-refractivity contribution < 1.29 is 23.4 Å². The van der Waals surface area contributed by atoms with Gasteiger partial charge >= 0.3 is 11.9 Å². The monoisotopic (exact) mass is 336 g/mol. The minimum atomic E-state index is -3.80. The first kappa shape index (κ1) is 22.3. The third-order valence-corrected chi connectivity index (χ3v) is 4.05. The predicted molar refractivity (Wildman–Crippen MR) is 88.7 cm³/mol. The molecule has 1 atom stereocenters. The summed E-state index contributed by atoms with van der Waals surface area (Å²) >= 11 is 0. The van der Waals surface area contributed by atoms with Crippen molar-refractivity contribution in [2.45, 2.75) is 103 Å². The smallest absolute Gasteiger partial charge is 0.379 e. The van der Waals surface area contributed by atoms with Crippen molar-refractivity contribution in [2.24, 2.45) is 0 Å². The molecule has 1 unspecified atom stereocenters. The number of ether oxygens (including phenoxy) is 1. The minimum Gasteiger partial charge on any atom is -0.461 e. The minimum absolute atomic E-state index is 0.0666. The molecule has 0 fully saturated rings. The van der Waals surface area contributed by atoms with Crippen LogP contribution in [0.2, 0.25) is 0 Å². The van der Waals surface area contributed by atoms with E-state index in [0.29, 0.717) is 6.42 Å². The van der Waals surface area contributed by atoms with Crippen LogP contribution in [0.4, 0.5) is 8.78 Å². The first-order valence-electron chi connectivity index (χ1n) is 9.19. The van der Waals surface area contributed by atoms with Crippen molar-refractivity contribution in [3.05, 3.63) is 0 Å². The number of hydrogen-bond donors (Lipinski definition) is 1. The molecule has 0 saturated carbocycles. The van der Waals surface area contributed by atoms with Crippen molar-refractivity contribution in [3.63, 3.8) is 0 Å². The SMILES string of the molecule is CCCCCCCCCCCCCC(O)C(F)(F)C(=O)OCC. The molecular formula is C18H34F2O3. The van der Waals surface area contributed by atoms with Crippen molar-refractivity contribution in [2.75, 3.05) is 6.61 Å². The quantitative estimate of drug-likeness (QED) is 0.328. The third kappa shape index (κ3) is 10.6. The Hall–Kier alpha value is -0.710. The van der Waals surface area contributed by atoms with Crippen molar-refractivity contribution >= 4 is 5.97 Å². The Bertz CT molecular complexity index is 296. The lowest BCUT2D eigenvalue weighted by molar-refractivity contribution is -0.188. The molecule has 0 aliphatic carbocycles. The van der Waals surface area contributed by atoms with E-state index >= 15 is 0 Å². The van der Waals surface area contributed by atoms with Gasteiger partial charge in [0.25, 0.3) is 0 Å². The number of hydrogen-bond acceptors (Lipinski definition) is 3. The maximum absolute atomic E-state index is 13.5. The van der Waals surface area contributed by atoms with E-state index in [9.17, 15) is 18.7 Å². The summed E-state index contributed by atoms with van der Waals surface area (Å²) in [4.78, 5) is 11.1. The van der Waals surface area contributed by atoms with Crippen molar-refractivity contribution in [3.8, 4) is 0 Å². The van der Waals surface area contributed by atoms with Crippen LogP contribution >= 0.6 is 0 Å². The maximum atomic E-state index is 13.5. The maximum Gasteiger partial charge on any atom is 0.379 e. The summed E-state index contributed by atoms with van der Waals surface area (Å²) in [6.45, 7) is 3.56. The molecule has 0 aromatic rings. The Balaban J connectivity index is 3.55. The fraction of sp³-hybridized carbons (Fsp3) is 0.944. The topological polar surface area (TPSA) is 46.5 Å². The summed E-state index contributed by atoms with van der Waals surface area (Å²) in [5.74, 6) is -5.43. The average molecular weight is 336 g/mol. The van der Waals surface area contributed by atoms with E-state index in [1.165, 1.54) is 51.9 Å². The van der Waals surface area contributed by atoms with Gasteiger partial charge in [-0.05, 0) is 13.3 Å². The summed E-state index contributed by atoms with van der Waals surface area (Å²) < 4.78 is 31.2. The van der Waals surface area contributed by atoms with E-state index in [-0.39, 0.29) is 13.0 Å². The highest BCUT2D eigenvalue weighted by Gasteiger charge is 2.47. The largest absolute Gasteiger partial charge is 0.461 e. The molecule has 0 heterocycles.